The second kappa shape index (κ2) is 7.69. The first-order chi connectivity index (χ1) is 9.82. The highest BCUT2D eigenvalue weighted by atomic mass is 32.2. The third-order valence-electron chi connectivity index (χ3n) is 2.92. The van der Waals surface area contributed by atoms with Crippen LogP contribution in [0.4, 0.5) is 10.1 Å². The molecule has 0 radical (unpaired) electrons. The van der Waals surface area contributed by atoms with Gasteiger partial charge in [-0.1, -0.05) is 0 Å². The molecular formula is C13H21FN2O4S. The number of rotatable bonds is 8. The molecule has 0 amide bonds. The molecule has 1 unspecified atom stereocenters. The van der Waals surface area contributed by atoms with E-state index in [0.717, 1.165) is 12.1 Å². The molecule has 8 heteroatoms. The standard InChI is InChI=1S/C13H21FN2O4S/c1-10(9-20-3)16(4-5-19-2)21(17,18)13-7-11(14)6-12(15)8-13/h6-8,10H,4-5,9,15H2,1-3H3. The van der Waals surface area contributed by atoms with Crippen molar-refractivity contribution in [3.63, 3.8) is 0 Å². The highest BCUT2D eigenvalue weighted by Gasteiger charge is 2.29. The summed E-state index contributed by atoms with van der Waals surface area (Å²) in [6, 6.07) is 2.83. The molecule has 6 nitrogen and oxygen atoms in total. The van der Waals surface area contributed by atoms with Crippen LogP contribution in [0.3, 0.4) is 0 Å². The van der Waals surface area contributed by atoms with Crippen molar-refractivity contribution >= 4 is 15.7 Å². The molecule has 0 fully saturated rings. The van der Waals surface area contributed by atoms with Crippen molar-refractivity contribution in [2.45, 2.75) is 17.9 Å². The van der Waals surface area contributed by atoms with Gasteiger partial charge in [0, 0.05) is 32.5 Å². The molecule has 0 saturated heterocycles. The Balaban J connectivity index is 3.18. The molecule has 1 atom stereocenters. The van der Waals surface area contributed by atoms with Gasteiger partial charge >= 0.3 is 0 Å². The number of hydrogen-bond acceptors (Lipinski definition) is 5. The maximum atomic E-state index is 13.4. The number of nitrogens with two attached hydrogens (primary N) is 1. The zero-order chi connectivity index (χ0) is 16.0. The first-order valence-corrected chi connectivity index (χ1v) is 7.82. The van der Waals surface area contributed by atoms with Crippen molar-refractivity contribution in [3.8, 4) is 0 Å². The average molecular weight is 320 g/mol. The normalized spacial score (nSPS) is 13.6. The molecule has 21 heavy (non-hydrogen) atoms. The van der Waals surface area contributed by atoms with Crippen LogP contribution in [0.1, 0.15) is 6.92 Å². The SMILES string of the molecule is COCCN(C(C)COC)S(=O)(=O)c1cc(N)cc(F)c1. The van der Waals surface area contributed by atoms with Crippen molar-refractivity contribution < 1.29 is 22.3 Å². The first-order valence-electron chi connectivity index (χ1n) is 6.38. The van der Waals surface area contributed by atoms with Crippen LogP contribution in [0, 0.1) is 5.82 Å². The number of benzene rings is 1. The number of halogens is 1. The number of nitrogen functional groups attached to an aromatic ring is 1. The lowest BCUT2D eigenvalue weighted by molar-refractivity contribution is 0.119. The Hall–Kier alpha value is -1.22. The van der Waals surface area contributed by atoms with E-state index in [1.807, 2.05) is 0 Å². The van der Waals surface area contributed by atoms with Gasteiger partial charge in [0.25, 0.3) is 0 Å². The lowest BCUT2D eigenvalue weighted by Gasteiger charge is -2.27. The molecule has 0 aromatic heterocycles. The van der Waals surface area contributed by atoms with E-state index in [1.54, 1.807) is 6.92 Å². The second-order valence-corrected chi connectivity index (χ2v) is 6.52. The van der Waals surface area contributed by atoms with Gasteiger partial charge in [-0.2, -0.15) is 4.31 Å². The number of anilines is 1. The summed E-state index contributed by atoms with van der Waals surface area (Å²) < 4.78 is 49.9. The molecule has 0 aliphatic carbocycles. The van der Waals surface area contributed by atoms with Gasteiger partial charge in [-0.25, -0.2) is 12.8 Å². The molecule has 0 heterocycles. The summed E-state index contributed by atoms with van der Waals surface area (Å²) in [6.07, 6.45) is 0. The summed E-state index contributed by atoms with van der Waals surface area (Å²) in [5.41, 5.74) is 5.57. The summed E-state index contributed by atoms with van der Waals surface area (Å²) in [6.45, 7) is 2.28. The summed E-state index contributed by atoms with van der Waals surface area (Å²) >= 11 is 0. The molecule has 2 N–H and O–H groups in total. The van der Waals surface area contributed by atoms with E-state index in [2.05, 4.69) is 0 Å². The highest BCUT2D eigenvalue weighted by Crippen LogP contribution is 2.22. The minimum Gasteiger partial charge on any atom is -0.399 e. The van der Waals surface area contributed by atoms with Gasteiger partial charge < -0.3 is 15.2 Å². The van der Waals surface area contributed by atoms with Crippen LogP contribution in [0.5, 0.6) is 0 Å². The monoisotopic (exact) mass is 320 g/mol. The number of ether oxygens (including phenoxy) is 2. The molecule has 0 spiro atoms. The van der Waals surface area contributed by atoms with Gasteiger partial charge in [-0.15, -0.1) is 0 Å². The molecule has 120 valence electrons. The smallest absolute Gasteiger partial charge is 0.243 e. The number of sulfonamides is 1. The van der Waals surface area contributed by atoms with E-state index in [-0.39, 0.29) is 30.3 Å². The molecule has 0 bridgehead atoms. The third kappa shape index (κ3) is 4.63. The lowest BCUT2D eigenvalue weighted by atomic mass is 10.3. The van der Waals surface area contributed by atoms with Crippen molar-refractivity contribution in [2.75, 3.05) is 39.7 Å². The Bertz CT molecular complexity index is 545. The van der Waals surface area contributed by atoms with Crippen molar-refractivity contribution in [1.82, 2.24) is 4.31 Å². The Labute approximate surface area is 124 Å². The van der Waals surface area contributed by atoms with Crippen molar-refractivity contribution in [3.05, 3.63) is 24.0 Å². The van der Waals surface area contributed by atoms with Crippen LogP contribution in [-0.2, 0) is 19.5 Å². The Morgan fingerprint density at radius 1 is 1.29 bits per heavy atom. The minimum absolute atomic E-state index is 0.0552. The van der Waals surface area contributed by atoms with Gasteiger partial charge in [-0.05, 0) is 25.1 Å². The van der Waals surface area contributed by atoms with E-state index in [1.165, 1.54) is 24.6 Å². The van der Waals surface area contributed by atoms with Crippen LogP contribution >= 0.6 is 0 Å². The highest BCUT2D eigenvalue weighted by molar-refractivity contribution is 7.89. The van der Waals surface area contributed by atoms with Crippen LogP contribution < -0.4 is 5.73 Å². The molecule has 0 saturated carbocycles. The predicted molar refractivity (Wildman–Crippen MR) is 77.9 cm³/mol. The van der Waals surface area contributed by atoms with Gasteiger partial charge in [0.15, 0.2) is 0 Å². The van der Waals surface area contributed by atoms with Gasteiger partial charge in [0.05, 0.1) is 18.1 Å². The Morgan fingerprint density at radius 3 is 2.48 bits per heavy atom. The van der Waals surface area contributed by atoms with E-state index in [9.17, 15) is 12.8 Å². The number of nitrogens with zero attached hydrogens (tertiary/aromatic N) is 1. The molecule has 1 aromatic carbocycles. The number of hydrogen-bond donors (Lipinski definition) is 1. The largest absolute Gasteiger partial charge is 0.399 e. The van der Waals surface area contributed by atoms with Crippen molar-refractivity contribution in [2.24, 2.45) is 0 Å². The first kappa shape index (κ1) is 17.8. The van der Waals surface area contributed by atoms with Gasteiger partial charge in [0.2, 0.25) is 10.0 Å². The minimum atomic E-state index is -3.89. The van der Waals surface area contributed by atoms with Gasteiger partial charge in [-0.3, -0.25) is 0 Å². The fraction of sp³-hybridized carbons (Fsp3) is 0.538. The lowest BCUT2D eigenvalue weighted by Crippen LogP contribution is -2.42. The van der Waals surface area contributed by atoms with E-state index in [0.29, 0.717) is 0 Å². The predicted octanol–water partition coefficient (Wildman–Crippen LogP) is 1.08. The zero-order valence-electron chi connectivity index (χ0n) is 12.4. The van der Waals surface area contributed by atoms with E-state index < -0.39 is 21.9 Å². The number of methoxy groups -OCH3 is 2. The van der Waals surface area contributed by atoms with Crippen molar-refractivity contribution in [1.29, 1.82) is 0 Å². The fourth-order valence-corrected chi connectivity index (χ4v) is 3.62. The fourth-order valence-electron chi connectivity index (χ4n) is 1.95. The maximum absolute atomic E-state index is 13.4. The molecule has 1 aromatic rings. The quantitative estimate of drug-likeness (QED) is 0.725. The second-order valence-electron chi connectivity index (χ2n) is 4.63. The molecule has 0 aliphatic rings. The zero-order valence-corrected chi connectivity index (χ0v) is 13.2. The third-order valence-corrected chi connectivity index (χ3v) is 4.91. The van der Waals surface area contributed by atoms with E-state index in [4.69, 9.17) is 15.2 Å². The summed E-state index contributed by atoms with van der Waals surface area (Å²) in [5.74, 6) is -0.695. The summed E-state index contributed by atoms with van der Waals surface area (Å²) in [5, 5.41) is 0. The molecule has 0 aliphatic heterocycles. The summed E-state index contributed by atoms with van der Waals surface area (Å²) in [4.78, 5) is -0.181. The molecule has 1 rings (SSSR count). The van der Waals surface area contributed by atoms with Crippen LogP contribution in [0.15, 0.2) is 23.1 Å². The molecular weight excluding hydrogens is 299 g/mol. The maximum Gasteiger partial charge on any atom is 0.243 e. The van der Waals surface area contributed by atoms with Crippen LogP contribution in [0.2, 0.25) is 0 Å². The van der Waals surface area contributed by atoms with Gasteiger partial charge in [0.1, 0.15) is 5.82 Å². The topological polar surface area (TPSA) is 81.9 Å². The summed E-state index contributed by atoms with van der Waals surface area (Å²) in [7, 11) is -0.924. The Morgan fingerprint density at radius 2 is 1.95 bits per heavy atom. The van der Waals surface area contributed by atoms with E-state index >= 15 is 0 Å². The van der Waals surface area contributed by atoms with Crippen LogP contribution in [-0.4, -0.2) is 52.7 Å². The average Bonchev–Trinajstić information content (AvgIpc) is 2.38. The van der Waals surface area contributed by atoms with Crippen LogP contribution in [0.25, 0.3) is 0 Å². The Kier molecular flexibility index (Phi) is 6.53.